The fraction of sp³-hybridized carbons (Fsp3) is 0.318. The van der Waals surface area contributed by atoms with Crippen LogP contribution in [0.4, 0.5) is 4.39 Å². The minimum absolute atomic E-state index is 0.0431. The van der Waals surface area contributed by atoms with E-state index in [9.17, 15) is 9.18 Å². The molecule has 0 aliphatic carbocycles. The summed E-state index contributed by atoms with van der Waals surface area (Å²) in [5, 5.41) is 2.93. The van der Waals surface area contributed by atoms with Crippen LogP contribution in [0, 0.1) is 5.82 Å². The van der Waals surface area contributed by atoms with E-state index in [0.29, 0.717) is 31.1 Å². The second-order valence-corrected chi connectivity index (χ2v) is 7.87. The number of benzene rings is 1. The molecule has 3 heterocycles. The number of amides is 1. The first-order chi connectivity index (χ1) is 14.6. The van der Waals surface area contributed by atoms with Crippen molar-refractivity contribution in [2.24, 2.45) is 0 Å². The number of carbonyl (C=O) groups is 1. The van der Waals surface area contributed by atoms with Gasteiger partial charge < -0.3 is 9.64 Å². The average molecular weight is 427 g/mol. The van der Waals surface area contributed by atoms with Crippen molar-refractivity contribution in [3.8, 4) is 16.5 Å². The molecule has 1 saturated heterocycles. The van der Waals surface area contributed by atoms with Crippen LogP contribution in [0.25, 0.3) is 10.6 Å². The summed E-state index contributed by atoms with van der Waals surface area (Å²) in [5.74, 6) is 0.101. The summed E-state index contributed by atoms with van der Waals surface area (Å²) < 4.78 is 18.6. The second kappa shape index (κ2) is 9.32. The molecule has 1 amide bonds. The third-order valence-corrected chi connectivity index (χ3v) is 5.91. The van der Waals surface area contributed by atoms with E-state index < -0.39 is 0 Å². The van der Waals surface area contributed by atoms with E-state index in [-0.39, 0.29) is 11.7 Å². The largest absolute Gasteiger partial charge is 0.477 e. The maximum Gasteiger partial charge on any atom is 0.259 e. The third kappa shape index (κ3) is 4.66. The van der Waals surface area contributed by atoms with E-state index in [1.807, 2.05) is 17.2 Å². The van der Waals surface area contributed by atoms with Crippen molar-refractivity contribution in [3.05, 3.63) is 65.0 Å². The zero-order valence-electron chi connectivity index (χ0n) is 16.8. The van der Waals surface area contributed by atoms with Crippen LogP contribution in [-0.2, 0) is 6.54 Å². The molecule has 0 atom stereocenters. The highest BCUT2D eigenvalue weighted by Gasteiger charge is 2.25. The Kier molecular flexibility index (Phi) is 6.35. The van der Waals surface area contributed by atoms with Crippen molar-refractivity contribution < 1.29 is 13.9 Å². The summed E-state index contributed by atoms with van der Waals surface area (Å²) in [7, 11) is 0. The van der Waals surface area contributed by atoms with E-state index in [1.54, 1.807) is 41.8 Å². The molecular formula is C22H23FN4O2S. The first kappa shape index (κ1) is 20.4. The van der Waals surface area contributed by atoms with Crippen LogP contribution in [0.1, 0.15) is 23.0 Å². The average Bonchev–Trinajstić information content (AvgIpc) is 3.23. The Bertz CT molecular complexity index is 1000. The van der Waals surface area contributed by atoms with Gasteiger partial charge in [-0.3, -0.25) is 9.69 Å². The molecule has 1 fully saturated rings. The summed E-state index contributed by atoms with van der Waals surface area (Å²) in [5.41, 5.74) is 2.42. The van der Waals surface area contributed by atoms with E-state index in [2.05, 4.69) is 14.9 Å². The lowest BCUT2D eigenvalue weighted by Crippen LogP contribution is -2.48. The number of hydrogen-bond donors (Lipinski definition) is 0. The predicted octanol–water partition coefficient (Wildman–Crippen LogP) is 3.70. The number of halogens is 1. The maximum atomic E-state index is 13.1. The van der Waals surface area contributed by atoms with Gasteiger partial charge in [0.15, 0.2) is 0 Å². The molecule has 0 N–H and O–H groups in total. The van der Waals surface area contributed by atoms with Crippen LogP contribution < -0.4 is 4.74 Å². The molecule has 4 rings (SSSR count). The monoisotopic (exact) mass is 426 g/mol. The number of hydrogen-bond acceptors (Lipinski definition) is 6. The van der Waals surface area contributed by atoms with Crippen LogP contribution in [0.15, 0.2) is 48.0 Å². The van der Waals surface area contributed by atoms with Crippen LogP contribution >= 0.6 is 11.3 Å². The molecule has 30 heavy (non-hydrogen) atoms. The highest BCUT2D eigenvalue weighted by Crippen LogP contribution is 2.25. The molecule has 156 valence electrons. The van der Waals surface area contributed by atoms with Gasteiger partial charge in [0.2, 0.25) is 5.88 Å². The molecule has 6 nitrogen and oxygen atoms in total. The summed E-state index contributed by atoms with van der Waals surface area (Å²) >= 11 is 1.56. The highest BCUT2D eigenvalue weighted by atomic mass is 32.1. The van der Waals surface area contributed by atoms with E-state index in [4.69, 9.17) is 4.74 Å². The fourth-order valence-electron chi connectivity index (χ4n) is 3.42. The lowest BCUT2D eigenvalue weighted by atomic mass is 10.2. The standard InChI is InChI=1S/C22H23FN4O2S/c1-2-29-20-19(4-3-9-24-20)22(28)27-12-10-26(11-13-27)14-18-15-30-21(25-18)16-5-7-17(23)8-6-16/h3-9,15H,2,10-14H2,1H3. The number of aromatic nitrogens is 2. The second-order valence-electron chi connectivity index (χ2n) is 7.01. The first-order valence-corrected chi connectivity index (χ1v) is 10.8. The third-order valence-electron chi connectivity index (χ3n) is 4.97. The molecule has 0 radical (unpaired) electrons. The smallest absolute Gasteiger partial charge is 0.259 e. The number of carbonyl (C=O) groups excluding carboxylic acids is 1. The van der Waals surface area contributed by atoms with Gasteiger partial charge in [-0.2, -0.15) is 0 Å². The van der Waals surface area contributed by atoms with Gasteiger partial charge in [0.05, 0.1) is 12.3 Å². The minimum Gasteiger partial charge on any atom is -0.477 e. The lowest BCUT2D eigenvalue weighted by molar-refractivity contribution is 0.0622. The van der Waals surface area contributed by atoms with Gasteiger partial charge in [0.25, 0.3) is 5.91 Å². The van der Waals surface area contributed by atoms with Crippen molar-refractivity contribution >= 4 is 17.2 Å². The molecule has 0 spiro atoms. The SMILES string of the molecule is CCOc1ncccc1C(=O)N1CCN(Cc2csc(-c3ccc(F)cc3)n2)CC1. The molecule has 1 aromatic carbocycles. The quantitative estimate of drug-likeness (QED) is 0.602. The maximum absolute atomic E-state index is 13.1. The Balaban J connectivity index is 1.34. The summed E-state index contributed by atoms with van der Waals surface area (Å²) in [4.78, 5) is 25.9. The zero-order chi connectivity index (χ0) is 20.9. The number of thiazole rings is 1. The van der Waals surface area contributed by atoms with Crippen molar-refractivity contribution in [1.29, 1.82) is 0 Å². The van der Waals surface area contributed by atoms with Gasteiger partial charge in [-0.25, -0.2) is 14.4 Å². The van der Waals surface area contributed by atoms with Gasteiger partial charge in [0, 0.05) is 49.9 Å². The van der Waals surface area contributed by atoms with E-state index in [0.717, 1.165) is 35.9 Å². The molecule has 1 aliphatic heterocycles. The lowest BCUT2D eigenvalue weighted by Gasteiger charge is -2.34. The number of piperazine rings is 1. The predicted molar refractivity (Wildman–Crippen MR) is 114 cm³/mol. The van der Waals surface area contributed by atoms with Gasteiger partial charge in [0.1, 0.15) is 16.4 Å². The fourth-order valence-corrected chi connectivity index (χ4v) is 4.24. The van der Waals surface area contributed by atoms with Crippen LogP contribution in [-0.4, -0.2) is 58.5 Å². The molecule has 0 saturated carbocycles. The molecule has 3 aromatic rings. The van der Waals surface area contributed by atoms with Gasteiger partial charge in [-0.15, -0.1) is 11.3 Å². The molecule has 8 heteroatoms. The van der Waals surface area contributed by atoms with Gasteiger partial charge in [-0.1, -0.05) is 0 Å². The molecule has 1 aliphatic rings. The van der Waals surface area contributed by atoms with Crippen LogP contribution in [0.2, 0.25) is 0 Å². The Labute approximate surface area is 178 Å². The van der Waals surface area contributed by atoms with Crippen molar-refractivity contribution in [1.82, 2.24) is 19.8 Å². The number of ether oxygens (including phenoxy) is 1. The molecule has 0 bridgehead atoms. The van der Waals surface area contributed by atoms with Gasteiger partial charge >= 0.3 is 0 Å². The zero-order valence-corrected chi connectivity index (χ0v) is 17.6. The number of pyridine rings is 1. The Hall–Kier alpha value is -2.84. The van der Waals surface area contributed by atoms with Crippen LogP contribution in [0.3, 0.4) is 0 Å². The summed E-state index contributed by atoms with van der Waals surface area (Å²) in [6.45, 7) is 5.93. The van der Waals surface area contributed by atoms with E-state index in [1.165, 1.54) is 12.1 Å². The normalized spacial score (nSPS) is 14.7. The first-order valence-electron chi connectivity index (χ1n) is 9.94. The minimum atomic E-state index is -0.248. The molecule has 2 aromatic heterocycles. The molecular weight excluding hydrogens is 403 g/mol. The Morgan fingerprint density at radius 3 is 2.67 bits per heavy atom. The summed E-state index contributed by atoms with van der Waals surface area (Å²) in [6.07, 6.45) is 1.63. The Morgan fingerprint density at radius 2 is 1.93 bits per heavy atom. The topological polar surface area (TPSA) is 58.6 Å². The van der Waals surface area contributed by atoms with Crippen molar-refractivity contribution in [2.45, 2.75) is 13.5 Å². The van der Waals surface area contributed by atoms with Crippen molar-refractivity contribution in [2.75, 3.05) is 32.8 Å². The Morgan fingerprint density at radius 1 is 1.17 bits per heavy atom. The van der Waals surface area contributed by atoms with Gasteiger partial charge in [-0.05, 0) is 43.3 Å². The highest BCUT2D eigenvalue weighted by molar-refractivity contribution is 7.13. The molecule has 0 unspecified atom stereocenters. The number of nitrogens with zero attached hydrogens (tertiary/aromatic N) is 4. The van der Waals surface area contributed by atoms with Crippen molar-refractivity contribution in [3.63, 3.8) is 0 Å². The van der Waals surface area contributed by atoms with E-state index >= 15 is 0 Å². The summed E-state index contributed by atoms with van der Waals surface area (Å²) in [6, 6.07) is 9.91. The van der Waals surface area contributed by atoms with Crippen LogP contribution in [0.5, 0.6) is 5.88 Å². The number of rotatable bonds is 6.